The van der Waals surface area contributed by atoms with Crippen LogP contribution < -0.4 is 4.74 Å². The van der Waals surface area contributed by atoms with Gasteiger partial charge in [0.25, 0.3) is 0 Å². The van der Waals surface area contributed by atoms with Crippen molar-refractivity contribution in [1.82, 2.24) is 4.57 Å². The van der Waals surface area contributed by atoms with Gasteiger partial charge in [0.1, 0.15) is 0 Å². The smallest absolute Gasteiger partial charge is 0.311 e. The summed E-state index contributed by atoms with van der Waals surface area (Å²) in [6, 6.07) is 11.9. The molecule has 0 radical (unpaired) electrons. The molecular formula is C30H44N2O3. The predicted molar refractivity (Wildman–Crippen MR) is 148 cm³/mol. The molecule has 0 aliphatic carbocycles. The summed E-state index contributed by atoms with van der Waals surface area (Å²) in [5.74, 6) is 0.399. The Bertz CT molecular complexity index is 1060. The summed E-state index contributed by atoms with van der Waals surface area (Å²) in [5.41, 5.74) is 2.25. The van der Waals surface area contributed by atoms with E-state index in [2.05, 4.69) is 36.6 Å². The maximum Gasteiger partial charge on any atom is 0.311 e. The highest BCUT2D eigenvalue weighted by Gasteiger charge is 2.21. The number of aromatic nitrogens is 1. The Kier molecular flexibility index (Phi) is 11.4. The second kappa shape index (κ2) is 14.8. The van der Waals surface area contributed by atoms with Crippen molar-refractivity contribution >= 4 is 27.5 Å². The highest BCUT2D eigenvalue weighted by Crippen LogP contribution is 2.38. The van der Waals surface area contributed by atoms with Crippen LogP contribution in [-0.4, -0.2) is 16.1 Å². The van der Waals surface area contributed by atoms with Gasteiger partial charge in [-0.1, -0.05) is 109 Å². The van der Waals surface area contributed by atoms with Gasteiger partial charge in [0.15, 0.2) is 5.75 Å². The summed E-state index contributed by atoms with van der Waals surface area (Å²) in [4.78, 5) is 11.6. The Hall–Kier alpha value is -2.56. The average molecular weight is 481 g/mol. The number of nitro benzene ring substituents is 1. The minimum absolute atomic E-state index is 0.0680. The number of nitro groups is 1. The Balaban J connectivity index is 1.73. The van der Waals surface area contributed by atoms with E-state index < -0.39 is 0 Å². The number of fused-ring (bicyclic) bond motifs is 3. The lowest BCUT2D eigenvalue weighted by molar-refractivity contribution is -0.385. The van der Waals surface area contributed by atoms with Gasteiger partial charge in [-0.15, -0.1) is 0 Å². The minimum Gasteiger partial charge on any atom is -0.487 e. The van der Waals surface area contributed by atoms with Crippen LogP contribution in [0.1, 0.15) is 104 Å². The number of rotatable bonds is 18. The maximum atomic E-state index is 11.9. The van der Waals surface area contributed by atoms with E-state index in [1.807, 2.05) is 12.1 Å². The van der Waals surface area contributed by atoms with Crippen LogP contribution in [0, 0.1) is 10.1 Å². The van der Waals surface area contributed by atoms with E-state index in [1.165, 1.54) is 70.6 Å². The lowest BCUT2D eigenvalue weighted by Crippen LogP contribution is -2.02. The lowest BCUT2D eigenvalue weighted by atomic mass is 10.1. The first kappa shape index (κ1) is 27.0. The molecule has 5 nitrogen and oxygen atoms in total. The van der Waals surface area contributed by atoms with Crippen LogP contribution in [0.3, 0.4) is 0 Å². The molecule has 0 N–H and O–H groups in total. The van der Waals surface area contributed by atoms with E-state index in [1.54, 1.807) is 6.07 Å². The summed E-state index contributed by atoms with van der Waals surface area (Å²) in [5, 5.41) is 13.9. The second-order valence-corrected chi connectivity index (χ2v) is 9.85. The van der Waals surface area contributed by atoms with Crippen molar-refractivity contribution in [3.05, 3.63) is 46.5 Å². The molecular weight excluding hydrogens is 436 g/mol. The summed E-state index contributed by atoms with van der Waals surface area (Å²) >= 11 is 0. The van der Waals surface area contributed by atoms with E-state index in [9.17, 15) is 10.1 Å². The molecule has 0 atom stereocenters. The maximum absolute atomic E-state index is 11.9. The molecule has 0 fully saturated rings. The molecule has 5 heteroatoms. The third-order valence-electron chi connectivity index (χ3n) is 7.04. The molecule has 0 aliphatic heterocycles. The van der Waals surface area contributed by atoms with Crippen molar-refractivity contribution in [2.75, 3.05) is 6.61 Å². The molecule has 192 valence electrons. The van der Waals surface area contributed by atoms with Crippen LogP contribution in [0.5, 0.6) is 5.75 Å². The molecule has 0 unspecified atom stereocenters. The molecule has 0 saturated heterocycles. The number of benzene rings is 2. The normalized spacial score (nSPS) is 11.5. The lowest BCUT2D eigenvalue weighted by Gasteiger charge is -2.10. The summed E-state index contributed by atoms with van der Waals surface area (Å²) in [6.45, 7) is 5.92. The summed E-state index contributed by atoms with van der Waals surface area (Å²) in [7, 11) is 0. The molecule has 1 aromatic heterocycles. The first-order valence-electron chi connectivity index (χ1n) is 14.0. The molecule has 3 aromatic rings. The SMILES string of the molecule is CCCCCCCCCCn1c2ccccc2c2cc([N+](=O)[O-])c(OCCCCCCCC)cc21. The highest BCUT2D eigenvalue weighted by molar-refractivity contribution is 6.09. The van der Waals surface area contributed by atoms with E-state index in [0.717, 1.165) is 47.6 Å². The monoisotopic (exact) mass is 480 g/mol. The van der Waals surface area contributed by atoms with Gasteiger partial charge in [-0.3, -0.25) is 10.1 Å². The molecule has 2 aromatic carbocycles. The van der Waals surface area contributed by atoms with E-state index in [-0.39, 0.29) is 10.6 Å². The topological polar surface area (TPSA) is 57.3 Å². The molecule has 0 saturated carbocycles. The van der Waals surface area contributed by atoms with Crippen molar-refractivity contribution in [3.63, 3.8) is 0 Å². The number of hydrogen-bond acceptors (Lipinski definition) is 3. The fourth-order valence-corrected chi connectivity index (χ4v) is 5.03. The number of hydrogen-bond donors (Lipinski definition) is 0. The third-order valence-corrected chi connectivity index (χ3v) is 7.04. The number of aryl methyl sites for hydroxylation is 1. The van der Waals surface area contributed by atoms with Crippen LogP contribution in [0.25, 0.3) is 21.8 Å². The van der Waals surface area contributed by atoms with Crippen molar-refractivity contribution in [3.8, 4) is 5.75 Å². The van der Waals surface area contributed by atoms with E-state index in [0.29, 0.717) is 12.4 Å². The molecule has 35 heavy (non-hydrogen) atoms. The quantitative estimate of drug-likeness (QED) is 0.103. The molecule has 3 rings (SSSR count). The molecule has 1 heterocycles. The Labute approximate surface area is 211 Å². The van der Waals surface area contributed by atoms with Crippen LogP contribution >= 0.6 is 0 Å². The van der Waals surface area contributed by atoms with Crippen molar-refractivity contribution in [2.24, 2.45) is 0 Å². The number of ether oxygens (including phenoxy) is 1. The van der Waals surface area contributed by atoms with Gasteiger partial charge < -0.3 is 9.30 Å². The van der Waals surface area contributed by atoms with Crippen molar-refractivity contribution < 1.29 is 9.66 Å². The number of nitrogens with zero attached hydrogens (tertiary/aromatic N) is 2. The van der Waals surface area contributed by atoms with Crippen LogP contribution in [0.4, 0.5) is 5.69 Å². The third kappa shape index (κ3) is 7.71. The van der Waals surface area contributed by atoms with Crippen LogP contribution in [0.15, 0.2) is 36.4 Å². The Morgan fingerprint density at radius 2 is 1.34 bits per heavy atom. The van der Waals surface area contributed by atoms with E-state index in [4.69, 9.17) is 4.74 Å². The number of para-hydroxylation sites is 1. The predicted octanol–water partition coefficient (Wildman–Crippen LogP) is 9.58. The van der Waals surface area contributed by atoms with Gasteiger partial charge in [-0.25, -0.2) is 0 Å². The first-order valence-corrected chi connectivity index (χ1v) is 14.0. The van der Waals surface area contributed by atoms with Crippen LogP contribution in [0.2, 0.25) is 0 Å². The fraction of sp³-hybridized carbons (Fsp3) is 0.600. The molecule has 0 spiro atoms. The zero-order valence-corrected chi connectivity index (χ0v) is 21.9. The largest absolute Gasteiger partial charge is 0.487 e. The zero-order chi connectivity index (χ0) is 24.9. The summed E-state index contributed by atoms with van der Waals surface area (Å²) < 4.78 is 8.34. The van der Waals surface area contributed by atoms with Crippen molar-refractivity contribution in [1.29, 1.82) is 0 Å². The highest BCUT2D eigenvalue weighted by atomic mass is 16.6. The van der Waals surface area contributed by atoms with Gasteiger partial charge >= 0.3 is 5.69 Å². The molecule has 0 aliphatic rings. The van der Waals surface area contributed by atoms with Gasteiger partial charge in [0.05, 0.1) is 17.0 Å². The molecule has 0 amide bonds. The number of unbranched alkanes of at least 4 members (excludes halogenated alkanes) is 12. The van der Waals surface area contributed by atoms with Crippen LogP contribution in [-0.2, 0) is 6.54 Å². The first-order chi connectivity index (χ1) is 17.2. The van der Waals surface area contributed by atoms with Gasteiger partial charge in [0, 0.05) is 35.0 Å². The second-order valence-electron chi connectivity index (χ2n) is 9.85. The fourth-order valence-electron chi connectivity index (χ4n) is 5.03. The summed E-state index contributed by atoms with van der Waals surface area (Å²) in [6.07, 6.45) is 17.2. The minimum atomic E-state index is -0.305. The van der Waals surface area contributed by atoms with Crippen molar-refractivity contribution in [2.45, 2.75) is 110 Å². The van der Waals surface area contributed by atoms with Gasteiger partial charge in [-0.2, -0.15) is 0 Å². The van der Waals surface area contributed by atoms with Gasteiger partial charge in [0.2, 0.25) is 0 Å². The standard InChI is InChI=1S/C30H44N2O3/c1-3-5-7-9-11-12-13-17-21-31-27-20-16-15-19-25(27)26-23-29(32(33)34)30(24-28(26)31)35-22-18-14-10-8-6-4-2/h15-16,19-20,23-24H,3-14,17-18,21-22H2,1-2H3. The molecule has 0 bridgehead atoms. The zero-order valence-electron chi connectivity index (χ0n) is 21.9. The van der Waals surface area contributed by atoms with Gasteiger partial charge in [-0.05, 0) is 18.9 Å². The van der Waals surface area contributed by atoms with E-state index >= 15 is 0 Å². The Morgan fingerprint density at radius 1 is 0.743 bits per heavy atom. The average Bonchev–Trinajstić information content (AvgIpc) is 3.17. The Morgan fingerprint density at radius 3 is 2.00 bits per heavy atom.